The second-order valence-electron chi connectivity index (χ2n) is 6.25. The monoisotopic (exact) mass is 299 g/mol. The lowest BCUT2D eigenvalue weighted by atomic mass is 9.99. The van der Waals surface area contributed by atoms with Gasteiger partial charge in [0.05, 0.1) is 0 Å². The van der Waals surface area contributed by atoms with Gasteiger partial charge < -0.3 is 5.32 Å². The van der Waals surface area contributed by atoms with Gasteiger partial charge in [0.15, 0.2) is 0 Å². The van der Waals surface area contributed by atoms with E-state index in [0.717, 1.165) is 24.8 Å². The van der Waals surface area contributed by atoms with Crippen molar-refractivity contribution in [1.82, 2.24) is 5.32 Å². The van der Waals surface area contributed by atoms with Gasteiger partial charge in [-0.2, -0.15) is 0 Å². The zero-order valence-electron chi connectivity index (χ0n) is 13.8. The van der Waals surface area contributed by atoms with Crippen LogP contribution < -0.4 is 5.32 Å². The van der Waals surface area contributed by atoms with E-state index >= 15 is 0 Å². The third kappa shape index (κ3) is 5.32. The first-order chi connectivity index (χ1) is 10.8. The third-order valence-electron chi connectivity index (χ3n) is 4.49. The molecule has 0 saturated carbocycles. The lowest BCUT2D eigenvalue weighted by Crippen LogP contribution is -2.34. The van der Waals surface area contributed by atoms with E-state index in [1.54, 1.807) is 0 Å². The van der Waals surface area contributed by atoms with Gasteiger partial charge in [-0.1, -0.05) is 56.5 Å². The molecule has 22 heavy (non-hydrogen) atoms. The summed E-state index contributed by atoms with van der Waals surface area (Å²) in [6, 6.07) is 8.31. The Morgan fingerprint density at radius 2 is 1.82 bits per heavy atom. The minimum Gasteiger partial charge on any atom is -0.349 e. The number of aryl methyl sites for hydroxylation is 1. The van der Waals surface area contributed by atoms with Gasteiger partial charge in [0.1, 0.15) is 0 Å². The van der Waals surface area contributed by atoms with E-state index in [9.17, 15) is 4.79 Å². The van der Waals surface area contributed by atoms with Crippen LogP contribution in [0.5, 0.6) is 0 Å². The Kier molecular flexibility index (Phi) is 7.21. The van der Waals surface area contributed by atoms with Crippen molar-refractivity contribution >= 4 is 5.91 Å². The summed E-state index contributed by atoms with van der Waals surface area (Å²) in [5.41, 5.74) is 2.06. The topological polar surface area (TPSA) is 29.1 Å². The van der Waals surface area contributed by atoms with Crippen LogP contribution >= 0.6 is 0 Å². The number of fused-ring (bicyclic) bond motifs is 1. The highest BCUT2D eigenvalue weighted by Gasteiger charge is 2.14. The molecule has 1 heterocycles. The van der Waals surface area contributed by atoms with Crippen LogP contribution in [0.3, 0.4) is 0 Å². The predicted molar refractivity (Wildman–Crippen MR) is 93.2 cm³/mol. The molecule has 2 nitrogen and oxygen atoms in total. The summed E-state index contributed by atoms with van der Waals surface area (Å²) in [7, 11) is 0. The van der Waals surface area contributed by atoms with E-state index in [2.05, 4.69) is 30.5 Å². The predicted octanol–water partition coefficient (Wildman–Crippen LogP) is 5.04. The smallest absolute Gasteiger partial charge is 0.251 e. The third-order valence-corrected chi connectivity index (χ3v) is 4.49. The number of hydrogen-bond acceptors (Lipinski definition) is 1. The normalized spacial score (nSPS) is 22.8. The fourth-order valence-electron chi connectivity index (χ4n) is 3.04. The highest BCUT2D eigenvalue weighted by atomic mass is 16.1. The zero-order valence-corrected chi connectivity index (χ0v) is 13.8. The fraction of sp³-hybridized carbons (Fsp3) is 0.550. The minimum absolute atomic E-state index is 0.0886. The zero-order chi connectivity index (χ0) is 15.6. The van der Waals surface area contributed by atoms with Crippen molar-refractivity contribution in [2.75, 3.05) is 0 Å². The molecule has 0 aromatic heterocycles. The molecule has 2 heteroatoms. The Bertz CT molecular complexity index is 492. The van der Waals surface area contributed by atoms with E-state index in [1.165, 1.54) is 44.1 Å². The number of nitrogens with one attached hydrogen (secondary N) is 1. The van der Waals surface area contributed by atoms with Gasteiger partial charge in [-0.05, 0) is 50.2 Å². The summed E-state index contributed by atoms with van der Waals surface area (Å²) in [5, 5.41) is 3.20. The van der Waals surface area contributed by atoms with Crippen LogP contribution in [-0.2, 0) is 6.42 Å². The van der Waals surface area contributed by atoms with Crippen LogP contribution in [0.1, 0.15) is 74.2 Å². The van der Waals surface area contributed by atoms with Crippen molar-refractivity contribution < 1.29 is 4.79 Å². The van der Waals surface area contributed by atoms with Crippen molar-refractivity contribution in [2.24, 2.45) is 0 Å². The van der Waals surface area contributed by atoms with Gasteiger partial charge in [0.25, 0.3) is 5.91 Å². The molecule has 1 aromatic carbocycles. The molecule has 0 bridgehead atoms. The molecular weight excluding hydrogens is 270 g/mol. The standard InChI is InChI=1S/C20H29NO/c1-2-18-15-10-8-6-4-3-5-7-9-13-17-14-11-12-16-19(17)20(22)21-18/h8,10-12,14,16,18H,2-7,9,13,15H2,1H3,(H,21,22)/b10-8+. The lowest BCUT2D eigenvalue weighted by Gasteiger charge is -2.17. The maximum atomic E-state index is 12.6. The number of carbonyl (C=O) groups excluding carboxylic acids is 1. The maximum Gasteiger partial charge on any atom is 0.251 e. The van der Waals surface area contributed by atoms with Gasteiger partial charge in [0, 0.05) is 11.6 Å². The molecule has 1 aliphatic heterocycles. The Labute approximate surface area is 135 Å². The average Bonchev–Trinajstić information content (AvgIpc) is 2.55. The lowest BCUT2D eigenvalue weighted by molar-refractivity contribution is 0.0935. The molecule has 0 aliphatic carbocycles. The second-order valence-corrected chi connectivity index (χ2v) is 6.25. The fourth-order valence-corrected chi connectivity index (χ4v) is 3.04. The number of allylic oxidation sites excluding steroid dienone is 1. The summed E-state index contributed by atoms with van der Waals surface area (Å²) in [5.74, 6) is 0.0886. The van der Waals surface area contributed by atoms with Gasteiger partial charge in [-0.3, -0.25) is 4.79 Å². The van der Waals surface area contributed by atoms with Crippen molar-refractivity contribution in [2.45, 2.75) is 70.8 Å². The van der Waals surface area contributed by atoms with Crippen LogP contribution in [0, 0.1) is 0 Å². The molecule has 2 rings (SSSR count). The maximum absolute atomic E-state index is 12.6. The number of hydrogen-bond donors (Lipinski definition) is 1. The van der Waals surface area contributed by atoms with E-state index in [0.29, 0.717) is 0 Å². The SMILES string of the molecule is CCC1C/C=C/CCCCCCCc2ccccc2C(=O)N1. The molecule has 0 fully saturated rings. The van der Waals surface area contributed by atoms with Crippen molar-refractivity contribution in [3.63, 3.8) is 0 Å². The van der Waals surface area contributed by atoms with Crippen LogP contribution in [0.2, 0.25) is 0 Å². The molecule has 1 atom stereocenters. The van der Waals surface area contributed by atoms with E-state index in [-0.39, 0.29) is 11.9 Å². The summed E-state index contributed by atoms with van der Waals surface area (Å²) >= 11 is 0. The molecule has 1 aromatic rings. The number of amides is 1. The van der Waals surface area contributed by atoms with Gasteiger partial charge in [-0.25, -0.2) is 0 Å². The Balaban J connectivity index is 2.12. The summed E-state index contributed by atoms with van der Waals surface area (Å²) in [6.07, 6.45) is 15.0. The Hall–Kier alpha value is -1.57. The highest BCUT2D eigenvalue weighted by molar-refractivity contribution is 5.95. The molecule has 1 N–H and O–H groups in total. The van der Waals surface area contributed by atoms with Crippen LogP contribution in [0.15, 0.2) is 36.4 Å². The molecule has 1 amide bonds. The van der Waals surface area contributed by atoms with Crippen LogP contribution in [0.4, 0.5) is 0 Å². The quantitative estimate of drug-likeness (QED) is 0.723. The van der Waals surface area contributed by atoms with Crippen LogP contribution in [-0.4, -0.2) is 11.9 Å². The summed E-state index contributed by atoms with van der Waals surface area (Å²) < 4.78 is 0. The summed E-state index contributed by atoms with van der Waals surface area (Å²) in [6.45, 7) is 2.14. The molecule has 0 saturated heterocycles. The van der Waals surface area contributed by atoms with E-state index < -0.39 is 0 Å². The number of benzene rings is 1. The van der Waals surface area contributed by atoms with Crippen molar-refractivity contribution in [3.8, 4) is 0 Å². The first kappa shape index (κ1) is 16.8. The number of carbonyl (C=O) groups is 1. The molecule has 1 unspecified atom stereocenters. The average molecular weight is 299 g/mol. The second kappa shape index (κ2) is 9.45. The van der Waals surface area contributed by atoms with Crippen LogP contribution in [0.25, 0.3) is 0 Å². The highest BCUT2D eigenvalue weighted by Crippen LogP contribution is 2.15. The van der Waals surface area contributed by atoms with Gasteiger partial charge >= 0.3 is 0 Å². The van der Waals surface area contributed by atoms with Crippen molar-refractivity contribution in [3.05, 3.63) is 47.5 Å². The first-order valence-electron chi connectivity index (χ1n) is 8.85. The first-order valence-corrected chi connectivity index (χ1v) is 8.85. The molecule has 120 valence electrons. The molecule has 0 spiro atoms. The van der Waals surface area contributed by atoms with Gasteiger partial charge in [0.2, 0.25) is 0 Å². The van der Waals surface area contributed by atoms with Crippen molar-refractivity contribution in [1.29, 1.82) is 0 Å². The molecule has 1 aliphatic rings. The van der Waals surface area contributed by atoms with Gasteiger partial charge in [-0.15, -0.1) is 0 Å². The Morgan fingerprint density at radius 1 is 1.05 bits per heavy atom. The molecule has 0 radical (unpaired) electrons. The van der Waals surface area contributed by atoms with E-state index in [1.807, 2.05) is 18.2 Å². The largest absolute Gasteiger partial charge is 0.349 e. The Morgan fingerprint density at radius 3 is 2.68 bits per heavy atom. The number of rotatable bonds is 1. The van der Waals surface area contributed by atoms with E-state index in [4.69, 9.17) is 0 Å². The minimum atomic E-state index is 0.0886. The molecular formula is C20H29NO. The summed E-state index contributed by atoms with van der Waals surface area (Å²) in [4.78, 5) is 12.6.